The molecule has 2 N–H and O–H groups in total. The number of anilines is 2. The van der Waals surface area contributed by atoms with E-state index < -0.39 is 0 Å². The molecule has 3 aliphatic rings. The van der Waals surface area contributed by atoms with E-state index in [0.29, 0.717) is 18.5 Å². The molecule has 0 aromatic heterocycles. The van der Waals surface area contributed by atoms with E-state index in [0.717, 1.165) is 35.3 Å². The highest BCUT2D eigenvalue weighted by Gasteiger charge is 2.44. The molecule has 2 aromatic rings. The molecular formula is C23H27IN4O. The van der Waals surface area contributed by atoms with E-state index in [2.05, 4.69) is 61.2 Å². The summed E-state index contributed by atoms with van der Waals surface area (Å²) in [7, 11) is 0. The highest BCUT2D eigenvalue weighted by molar-refractivity contribution is 14.1. The van der Waals surface area contributed by atoms with E-state index in [-0.39, 0.29) is 6.03 Å². The molecule has 0 saturated carbocycles. The van der Waals surface area contributed by atoms with Crippen LogP contribution in [0.5, 0.6) is 0 Å². The average Bonchev–Trinajstić information content (AvgIpc) is 3.28. The summed E-state index contributed by atoms with van der Waals surface area (Å²) in [5.74, 6) is 0.649. The van der Waals surface area contributed by atoms with Gasteiger partial charge in [-0.1, -0.05) is 24.3 Å². The van der Waals surface area contributed by atoms with Crippen LogP contribution in [0.4, 0.5) is 16.2 Å². The van der Waals surface area contributed by atoms with Crippen molar-refractivity contribution in [3.8, 4) is 0 Å². The number of benzene rings is 2. The molecule has 1 saturated heterocycles. The van der Waals surface area contributed by atoms with E-state index in [4.69, 9.17) is 0 Å². The smallest absolute Gasteiger partial charge is 0.319 e. The lowest BCUT2D eigenvalue weighted by Crippen LogP contribution is -2.46. The fraction of sp³-hybridized carbons (Fsp3) is 0.435. The number of likely N-dealkylation sites (tertiary alicyclic amines) is 1. The Balaban J connectivity index is 1.10. The Morgan fingerprint density at radius 2 is 2.07 bits per heavy atom. The number of piperidine rings is 1. The summed E-state index contributed by atoms with van der Waals surface area (Å²) in [6.45, 7) is 5.25. The third kappa shape index (κ3) is 3.84. The van der Waals surface area contributed by atoms with Crippen LogP contribution >= 0.6 is 22.6 Å². The summed E-state index contributed by atoms with van der Waals surface area (Å²) >= 11 is 2.25. The van der Waals surface area contributed by atoms with Gasteiger partial charge in [0.1, 0.15) is 0 Å². The van der Waals surface area contributed by atoms with Crippen LogP contribution in [0.1, 0.15) is 29.9 Å². The monoisotopic (exact) mass is 502 g/mol. The molecule has 5 rings (SSSR count). The quantitative estimate of drug-likeness (QED) is 0.480. The molecule has 1 fully saturated rings. The molecule has 152 valence electrons. The van der Waals surface area contributed by atoms with E-state index in [1.165, 1.54) is 19.4 Å². The van der Waals surface area contributed by atoms with Crippen molar-refractivity contribution in [2.24, 2.45) is 0 Å². The number of halogens is 1. The fourth-order valence-electron chi connectivity index (χ4n) is 5.28. The Labute approximate surface area is 186 Å². The molecule has 0 bridgehead atoms. The molecule has 3 aliphatic heterocycles. The maximum atomic E-state index is 12.1. The summed E-state index contributed by atoms with van der Waals surface area (Å²) in [6.07, 6.45) is 3.44. The van der Waals surface area contributed by atoms with Crippen LogP contribution in [0.25, 0.3) is 0 Å². The number of nitrogens with one attached hydrogen (secondary N) is 2. The lowest BCUT2D eigenvalue weighted by Gasteiger charge is -2.38. The minimum absolute atomic E-state index is 0.124. The molecule has 3 heterocycles. The highest BCUT2D eigenvalue weighted by atomic mass is 127. The zero-order valence-corrected chi connectivity index (χ0v) is 18.7. The summed E-state index contributed by atoms with van der Waals surface area (Å²) in [5.41, 5.74) is 5.51. The molecule has 5 nitrogen and oxygen atoms in total. The van der Waals surface area contributed by atoms with Crippen molar-refractivity contribution in [2.75, 3.05) is 42.9 Å². The third-order valence-corrected chi connectivity index (χ3v) is 7.21. The first-order chi connectivity index (χ1) is 14.2. The predicted molar refractivity (Wildman–Crippen MR) is 126 cm³/mol. The van der Waals surface area contributed by atoms with Gasteiger partial charge in [-0.2, -0.15) is 0 Å². The number of para-hydroxylation sites is 1. The van der Waals surface area contributed by atoms with Crippen LogP contribution in [0.15, 0.2) is 42.5 Å². The second-order valence-corrected chi connectivity index (χ2v) is 9.55. The lowest BCUT2D eigenvalue weighted by molar-refractivity contribution is 0.191. The first-order valence-electron chi connectivity index (χ1n) is 10.6. The topological polar surface area (TPSA) is 47.6 Å². The van der Waals surface area contributed by atoms with Crippen molar-refractivity contribution in [3.05, 3.63) is 57.2 Å². The van der Waals surface area contributed by atoms with Gasteiger partial charge in [-0.15, -0.1) is 0 Å². The van der Waals surface area contributed by atoms with Crippen molar-refractivity contribution in [1.29, 1.82) is 0 Å². The number of rotatable bonds is 5. The van der Waals surface area contributed by atoms with Crippen LogP contribution in [-0.2, 0) is 6.42 Å². The number of hydrogen-bond acceptors (Lipinski definition) is 3. The number of hydrogen-bond donors (Lipinski definition) is 2. The molecule has 2 amide bonds. The zero-order chi connectivity index (χ0) is 19.8. The van der Waals surface area contributed by atoms with Gasteiger partial charge in [0.05, 0.1) is 0 Å². The van der Waals surface area contributed by atoms with Crippen LogP contribution in [-0.4, -0.2) is 49.7 Å². The van der Waals surface area contributed by atoms with Gasteiger partial charge in [-0.25, -0.2) is 4.79 Å². The van der Waals surface area contributed by atoms with Gasteiger partial charge in [0, 0.05) is 53.1 Å². The van der Waals surface area contributed by atoms with Crippen LogP contribution in [0.2, 0.25) is 0 Å². The van der Waals surface area contributed by atoms with Crippen molar-refractivity contribution in [2.45, 2.75) is 31.2 Å². The fourth-order valence-corrected chi connectivity index (χ4v) is 5.82. The Hall–Kier alpha value is -1.80. The van der Waals surface area contributed by atoms with Crippen molar-refractivity contribution < 1.29 is 4.79 Å². The maximum Gasteiger partial charge on any atom is 0.319 e. The number of carbonyl (C=O) groups excluding carboxylic acids is 1. The van der Waals surface area contributed by atoms with E-state index in [1.807, 2.05) is 24.3 Å². The third-order valence-electron chi connectivity index (χ3n) is 6.54. The zero-order valence-electron chi connectivity index (χ0n) is 16.5. The Morgan fingerprint density at radius 1 is 1.17 bits per heavy atom. The first-order valence-corrected chi connectivity index (χ1v) is 11.7. The Kier molecular flexibility index (Phi) is 5.39. The molecule has 2 aromatic carbocycles. The van der Waals surface area contributed by atoms with Crippen LogP contribution < -0.4 is 15.5 Å². The molecule has 0 aliphatic carbocycles. The summed E-state index contributed by atoms with van der Waals surface area (Å²) in [5, 5.41) is 5.89. The van der Waals surface area contributed by atoms with Gasteiger partial charge in [0.2, 0.25) is 0 Å². The summed E-state index contributed by atoms with van der Waals surface area (Å²) in [6, 6.07) is 15.3. The molecule has 6 heteroatoms. The Bertz CT molecular complexity index is 918. The second kappa shape index (κ2) is 8.14. The number of urea groups is 1. The van der Waals surface area contributed by atoms with Gasteiger partial charge in [-0.05, 0) is 77.7 Å². The van der Waals surface area contributed by atoms with Gasteiger partial charge < -0.3 is 20.4 Å². The molecule has 0 unspecified atom stereocenters. The SMILES string of the molecule is O=C(NCCCN1CC[C@@H]2[C@H](C1)c1cccc3c1N2CC3)Nc1cccc(I)c1. The maximum absolute atomic E-state index is 12.1. The molecule has 0 spiro atoms. The largest absolute Gasteiger partial charge is 0.367 e. The molecular weight excluding hydrogens is 475 g/mol. The van der Waals surface area contributed by atoms with Crippen molar-refractivity contribution >= 4 is 40.0 Å². The van der Waals surface area contributed by atoms with Gasteiger partial charge >= 0.3 is 6.03 Å². The number of carbonyl (C=O) groups is 1. The van der Waals surface area contributed by atoms with Crippen LogP contribution in [0.3, 0.4) is 0 Å². The number of nitrogens with zero attached hydrogens (tertiary/aromatic N) is 2. The predicted octanol–water partition coefficient (Wildman–Crippen LogP) is 4.04. The van der Waals surface area contributed by atoms with Gasteiger partial charge in [0.15, 0.2) is 0 Å². The normalized spacial score (nSPS) is 22.3. The van der Waals surface area contributed by atoms with Crippen molar-refractivity contribution in [1.82, 2.24) is 10.2 Å². The lowest BCUT2D eigenvalue weighted by atomic mass is 9.88. The van der Waals surface area contributed by atoms with E-state index in [9.17, 15) is 4.79 Å². The molecule has 2 atom stereocenters. The average molecular weight is 502 g/mol. The van der Waals surface area contributed by atoms with Crippen LogP contribution in [0, 0.1) is 3.57 Å². The van der Waals surface area contributed by atoms with Gasteiger partial charge in [-0.3, -0.25) is 0 Å². The molecule has 0 radical (unpaired) electrons. The number of amides is 2. The van der Waals surface area contributed by atoms with E-state index in [1.54, 1.807) is 16.8 Å². The van der Waals surface area contributed by atoms with Crippen molar-refractivity contribution in [3.63, 3.8) is 0 Å². The van der Waals surface area contributed by atoms with Gasteiger partial charge in [0.25, 0.3) is 0 Å². The number of fused-ring (bicyclic) bond motifs is 3. The molecule has 29 heavy (non-hydrogen) atoms. The highest BCUT2D eigenvalue weighted by Crippen LogP contribution is 2.49. The summed E-state index contributed by atoms with van der Waals surface area (Å²) < 4.78 is 1.11. The Morgan fingerprint density at radius 3 is 2.97 bits per heavy atom. The standard InChI is InChI=1S/C23H27IN4O/c24-17-5-2-6-18(14-17)26-23(29)25-10-3-11-27-12-9-21-20(15-27)19-7-1-4-16-8-13-28(21)22(16)19/h1-2,4-7,14,20-21H,3,8-13,15H2,(H2,25,26,29)/t20-,21-/m1/s1. The second-order valence-electron chi connectivity index (χ2n) is 8.31. The summed E-state index contributed by atoms with van der Waals surface area (Å²) in [4.78, 5) is 17.4. The van der Waals surface area contributed by atoms with E-state index >= 15 is 0 Å². The minimum Gasteiger partial charge on any atom is -0.367 e. The minimum atomic E-state index is -0.124. The first kappa shape index (κ1) is 19.2.